The zero-order chi connectivity index (χ0) is 20.2. The molecule has 0 fully saturated rings. The summed E-state index contributed by atoms with van der Waals surface area (Å²) < 4.78 is 19.6. The Bertz CT molecular complexity index is 1310. The molecule has 0 N–H and O–H groups in total. The zero-order valence-electron chi connectivity index (χ0n) is 16.3. The van der Waals surface area contributed by atoms with Crippen molar-refractivity contribution in [3.05, 3.63) is 68.4 Å². The molecule has 0 unspecified atom stereocenters. The normalized spacial score (nSPS) is 12.9. The molecular formula is C20H22FN5O2. The number of hydrogen-bond acceptors (Lipinski definition) is 3. The molecule has 7 nitrogen and oxygen atoms in total. The van der Waals surface area contributed by atoms with Crippen LogP contribution in [0.2, 0.25) is 0 Å². The molecule has 0 aliphatic rings. The van der Waals surface area contributed by atoms with Gasteiger partial charge in [-0.2, -0.15) is 4.98 Å². The molecule has 4 rings (SSSR count). The molecule has 0 spiro atoms. The van der Waals surface area contributed by atoms with Crippen molar-refractivity contribution in [1.29, 1.82) is 0 Å². The Labute approximate surface area is 160 Å². The highest BCUT2D eigenvalue weighted by molar-refractivity contribution is 5.75. The zero-order valence-corrected chi connectivity index (χ0v) is 16.3. The van der Waals surface area contributed by atoms with Gasteiger partial charge in [0.25, 0.3) is 5.56 Å². The first-order valence-electron chi connectivity index (χ1n) is 9.27. The third-order valence-corrected chi connectivity index (χ3v) is 5.35. The van der Waals surface area contributed by atoms with E-state index >= 15 is 0 Å². The quantitative estimate of drug-likeness (QED) is 0.544. The fraction of sp³-hybridized carbons (Fsp3) is 0.350. The summed E-state index contributed by atoms with van der Waals surface area (Å²) in [6.45, 7) is 6.23. The van der Waals surface area contributed by atoms with Crippen LogP contribution in [0, 0.1) is 12.7 Å². The first-order valence-corrected chi connectivity index (χ1v) is 9.27. The Hall–Kier alpha value is -3.16. The van der Waals surface area contributed by atoms with Gasteiger partial charge in [0.1, 0.15) is 5.82 Å². The van der Waals surface area contributed by atoms with Crippen molar-refractivity contribution in [3.63, 3.8) is 0 Å². The number of aromatic nitrogens is 5. The summed E-state index contributed by atoms with van der Waals surface area (Å²) in [4.78, 5) is 30.6. The van der Waals surface area contributed by atoms with Crippen LogP contribution in [0.4, 0.5) is 4.39 Å². The topological polar surface area (TPSA) is 66.2 Å². The van der Waals surface area contributed by atoms with Crippen LogP contribution in [0.1, 0.15) is 37.6 Å². The molecule has 3 heterocycles. The highest BCUT2D eigenvalue weighted by Gasteiger charge is 2.21. The van der Waals surface area contributed by atoms with E-state index in [2.05, 4.69) is 23.4 Å². The lowest BCUT2D eigenvalue weighted by Gasteiger charge is -2.12. The van der Waals surface area contributed by atoms with Gasteiger partial charge in [0, 0.05) is 25.0 Å². The Kier molecular flexibility index (Phi) is 4.21. The largest absolute Gasteiger partial charge is 0.332 e. The van der Waals surface area contributed by atoms with Crippen LogP contribution in [0.3, 0.4) is 0 Å². The van der Waals surface area contributed by atoms with Gasteiger partial charge >= 0.3 is 5.69 Å². The molecule has 8 heteroatoms. The minimum Gasteiger partial charge on any atom is -0.311 e. The summed E-state index contributed by atoms with van der Waals surface area (Å²) in [7, 11) is 1.61. The lowest BCUT2D eigenvalue weighted by atomic mass is 10.2. The molecule has 0 saturated carbocycles. The number of rotatable bonds is 4. The third-order valence-electron chi connectivity index (χ3n) is 5.35. The molecule has 146 valence electrons. The molecule has 0 aliphatic heterocycles. The maximum absolute atomic E-state index is 13.2. The summed E-state index contributed by atoms with van der Waals surface area (Å²) in [5.41, 5.74) is 1.54. The first kappa shape index (κ1) is 18.2. The maximum Gasteiger partial charge on any atom is 0.332 e. The van der Waals surface area contributed by atoms with E-state index in [1.165, 1.54) is 21.3 Å². The van der Waals surface area contributed by atoms with Crippen LogP contribution in [-0.4, -0.2) is 23.1 Å². The Morgan fingerprint density at radius 2 is 1.86 bits per heavy atom. The van der Waals surface area contributed by atoms with Crippen molar-refractivity contribution in [2.45, 2.75) is 39.8 Å². The van der Waals surface area contributed by atoms with Crippen LogP contribution in [0.15, 0.2) is 40.1 Å². The van der Waals surface area contributed by atoms with Gasteiger partial charge in [-0.1, -0.05) is 19.1 Å². The van der Waals surface area contributed by atoms with Gasteiger partial charge in [-0.05, 0) is 38.0 Å². The van der Waals surface area contributed by atoms with Crippen LogP contribution < -0.4 is 11.2 Å². The number of benzene rings is 1. The smallest absolute Gasteiger partial charge is 0.311 e. The average Bonchev–Trinajstić information content (AvgIpc) is 3.19. The first-order chi connectivity index (χ1) is 13.3. The SMILES string of the molecule is CC[C@H](C)n1c(C)cn2c3c(=O)n(Cc4ccc(F)cc4)c(=O)n(C)c3nc12. The molecule has 3 aromatic heterocycles. The van der Waals surface area contributed by atoms with E-state index < -0.39 is 11.2 Å². The molecule has 1 atom stereocenters. The van der Waals surface area contributed by atoms with Gasteiger partial charge in [0.15, 0.2) is 11.2 Å². The molecule has 4 aromatic rings. The van der Waals surface area contributed by atoms with Crippen molar-refractivity contribution in [2.75, 3.05) is 0 Å². The molecule has 1 aromatic carbocycles. The number of fused-ring (bicyclic) bond motifs is 3. The van der Waals surface area contributed by atoms with Gasteiger partial charge in [-0.15, -0.1) is 0 Å². The van der Waals surface area contributed by atoms with E-state index in [4.69, 9.17) is 0 Å². The number of halogens is 1. The van der Waals surface area contributed by atoms with Crippen LogP contribution in [0.25, 0.3) is 16.9 Å². The van der Waals surface area contributed by atoms with Crippen molar-refractivity contribution in [3.8, 4) is 0 Å². The summed E-state index contributed by atoms with van der Waals surface area (Å²) in [5.74, 6) is 0.285. The number of imidazole rings is 2. The second-order valence-electron chi connectivity index (χ2n) is 7.21. The monoisotopic (exact) mass is 383 g/mol. The fourth-order valence-electron chi connectivity index (χ4n) is 3.67. The minimum absolute atomic E-state index is 0.0695. The van der Waals surface area contributed by atoms with Crippen molar-refractivity contribution in [2.24, 2.45) is 7.05 Å². The molecule has 28 heavy (non-hydrogen) atoms. The molecule has 0 bridgehead atoms. The third kappa shape index (κ3) is 2.59. The van der Waals surface area contributed by atoms with Gasteiger partial charge in [0.05, 0.1) is 6.54 Å². The van der Waals surface area contributed by atoms with Crippen LogP contribution in [-0.2, 0) is 13.6 Å². The highest BCUT2D eigenvalue weighted by atomic mass is 19.1. The minimum atomic E-state index is -0.450. The van der Waals surface area contributed by atoms with E-state index in [9.17, 15) is 14.0 Å². The highest BCUT2D eigenvalue weighted by Crippen LogP contribution is 2.22. The molecule has 0 aliphatic carbocycles. The maximum atomic E-state index is 13.2. The second-order valence-corrected chi connectivity index (χ2v) is 7.21. The van der Waals surface area contributed by atoms with Gasteiger partial charge < -0.3 is 4.57 Å². The number of nitrogens with zero attached hydrogens (tertiary/aromatic N) is 5. The van der Waals surface area contributed by atoms with Crippen LogP contribution >= 0.6 is 0 Å². The average molecular weight is 383 g/mol. The summed E-state index contributed by atoms with van der Waals surface area (Å²) in [6, 6.07) is 5.99. The Morgan fingerprint density at radius 1 is 1.18 bits per heavy atom. The molecule has 0 amide bonds. The molecule has 0 radical (unpaired) electrons. The Balaban J connectivity index is 2.00. The number of hydrogen-bond donors (Lipinski definition) is 0. The summed E-state index contributed by atoms with van der Waals surface area (Å²) >= 11 is 0. The lowest BCUT2D eigenvalue weighted by molar-refractivity contribution is 0.532. The lowest BCUT2D eigenvalue weighted by Crippen LogP contribution is -2.39. The van der Waals surface area contributed by atoms with Crippen molar-refractivity contribution < 1.29 is 4.39 Å². The van der Waals surface area contributed by atoms with Gasteiger partial charge in [-0.25, -0.2) is 9.18 Å². The number of aryl methyl sites for hydroxylation is 2. The predicted octanol–water partition coefficient (Wildman–Crippen LogP) is 2.62. The van der Waals surface area contributed by atoms with E-state index in [1.54, 1.807) is 23.6 Å². The van der Waals surface area contributed by atoms with E-state index in [-0.39, 0.29) is 18.4 Å². The van der Waals surface area contributed by atoms with E-state index in [0.29, 0.717) is 22.5 Å². The van der Waals surface area contributed by atoms with Gasteiger partial charge in [0.2, 0.25) is 5.78 Å². The fourth-order valence-corrected chi connectivity index (χ4v) is 3.67. The summed E-state index contributed by atoms with van der Waals surface area (Å²) in [5, 5.41) is 0. The Morgan fingerprint density at radius 3 is 2.50 bits per heavy atom. The van der Waals surface area contributed by atoms with Crippen molar-refractivity contribution in [1.82, 2.24) is 23.1 Å². The van der Waals surface area contributed by atoms with Gasteiger partial charge in [-0.3, -0.25) is 18.3 Å². The van der Waals surface area contributed by atoms with Crippen LogP contribution in [0.5, 0.6) is 0 Å². The summed E-state index contributed by atoms with van der Waals surface area (Å²) in [6.07, 6.45) is 2.80. The van der Waals surface area contributed by atoms with E-state index in [1.807, 2.05) is 13.1 Å². The van der Waals surface area contributed by atoms with E-state index in [0.717, 1.165) is 12.1 Å². The standard InChI is InChI=1S/C20H22FN5O2/c1-5-12(2)26-13(3)10-24-16-17(22-19(24)26)23(4)20(28)25(18(16)27)11-14-6-8-15(21)9-7-14/h6-10,12H,5,11H2,1-4H3/t12-/m0/s1. The molecular weight excluding hydrogens is 361 g/mol. The van der Waals surface area contributed by atoms with Crippen molar-refractivity contribution >= 4 is 16.9 Å². The predicted molar refractivity (Wildman–Crippen MR) is 105 cm³/mol. The second kappa shape index (κ2) is 6.47. The molecule has 0 saturated heterocycles.